The molecule has 5 heteroatoms. The summed E-state index contributed by atoms with van der Waals surface area (Å²) in [5.41, 5.74) is 1.16. The molecule has 0 saturated carbocycles. The number of carbonyl (C=O) groups is 1. The van der Waals surface area contributed by atoms with Gasteiger partial charge in [0.15, 0.2) is 0 Å². The van der Waals surface area contributed by atoms with E-state index in [0.29, 0.717) is 19.7 Å². The summed E-state index contributed by atoms with van der Waals surface area (Å²) < 4.78 is 5.60. The molecule has 1 atom stereocenters. The van der Waals surface area contributed by atoms with Crippen LogP contribution in [0, 0.1) is 0 Å². The van der Waals surface area contributed by atoms with E-state index < -0.39 is 0 Å². The highest BCUT2D eigenvalue weighted by atomic mass is 32.2. The molecule has 4 nitrogen and oxygen atoms in total. The lowest BCUT2D eigenvalue weighted by Crippen LogP contribution is -2.51. The van der Waals surface area contributed by atoms with Gasteiger partial charge in [-0.15, -0.1) is 11.8 Å². The Kier molecular flexibility index (Phi) is 6.08. The van der Waals surface area contributed by atoms with Crippen LogP contribution >= 0.6 is 11.8 Å². The van der Waals surface area contributed by atoms with Gasteiger partial charge in [0.2, 0.25) is 0 Å². The van der Waals surface area contributed by atoms with Gasteiger partial charge in [-0.25, -0.2) is 0 Å². The maximum absolute atomic E-state index is 12.7. The minimum atomic E-state index is -0.357. The minimum Gasteiger partial charge on any atom is -0.366 e. The summed E-state index contributed by atoms with van der Waals surface area (Å²) >= 11 is 1.72. The summed E-state index contributed by atoms with van der Waals surface area (Å²) in [6.07, 6.45) is 1.70. The van der Waals surface area contributed by atoms with E-state index in [2.05, 4.69) is 29.8 Å². The fourth-order valence-corrected chi connectivity index (χ4v) is 2.88. The number of carbonyl (C=O) groups excluding carboxylic acids is 1. The molecule has 116 valence electrons. The number of hydrogen-bond acceptors (Lipinski definition) is 4. The molecule has 0 aliphatic carbocycles. The summed E-state index contributed by atoms with van der Waals surface area (Å²) in [7, 11) is 0. The Morgan fingerprint density at radius 1 is 1.52 bits per heavy atom. The molecule has 1 saturated heterocycles. The predicted octanol–water partition coefficient (Wildman–Crippen LogP) is 2.13. The predicted molar refractivity (Wildman–Crippen MR) is 86.5 cm³/mol. The molecule has 2 rings (SSSR count). The fourth-order valence-electron chi connectivity index (χ4n) is 2.39. The standard InChI is InChI=1S/C16H24N2O2S/c1-12(2)18(16(19)15-10-17-7-8-20-15)11-13-5-4-6-14(9-13)21-3/h4-6,9,12,15,17H,7-8,10-11H2,1-3H3/t15-/m0/s1. The molecule has 0 unspecified atom stereocenters. The number of thioether (sulfide) groups is 1. The van der Waals surface area contributed by atoms with E-state index in [9.17, 15) is 4.79 Å². The number of nitrogens with one attached hydrogen (secondary N) is 1. The van der Waals surface area contributed by atoms with Gasteiger partial charge in [-0.3, -0.25) is 4.79 Å². The maximum atomic E-state index is 12.7. The Labute approximate surface area is 131 Å². The van der Waals surface area contributed by atoms with Crippen molar-refractivity contribution in [1.82, 2.24) is 10.2 Å². The van der Waals surface area contributed by atoms with Crippen LogP contribution in [-0.4, -0.2) is 48.9 Å². The molecule has 1 fully saturated rings. The Balaban J connectivity index is 2.09. The smallest absolute Gasteiger partial charge is 0.253 e. The number of hydrogen-bond donors (Lipinski definition) is 1. The van der Waals surface area contributed by atoms with Crippen molar-refractivity contribution in [2.45, 2.75) is 37.4 Å². The van der Waals surface area contributed by atoms with Crippen LogP contribution in [0.2, 0.25) is 0 Å². The third kappa shape index (κ3) is 4.46. The van der Waals surface area contributed by atoms with Crippen LogP contribution in [0.25, 0.3) is 0 Å². The molecular weight excluding hydrogens is 284 g/mol. The number of ether oxygens (including phenoxy) is 1. The van der Waals surface area contributed by atoms with Gasteiger partial charge < -0.3 is 15.0 Å². The number of nitrogens with zero attached hydrogens (tertiary/aromatic N) is 1. The van der Waals surface area contributed by atoms with Gasteiger partial charge in [0, 0.05) is 30.6 Å². The third-order valence-corrected chi connectivity index (χ3v) is 4.32. The van der Waals surface area contributed by atoms with E-state index in [1.807, 2.05) is 24.8 Å². The van der Waals surface area contributed by atoms with Crippen molar-refractivity contribution in [2.75, 3.05) is 26.0 Å². The quantitative estimate of drug-likeness (QED) is 0.846. The number of morpholine rings is 1. The van der Waals surface area contributed by atoms with Crippen molar-refractivity contribution in [3.8, 4) is 0 Å². The zero-order valence-corrected chi connectivity index (χ0v) is 13.8. The van der Waals surface area contributed by atoms with Crippen molar-refractivity contribution in [2.24, 2.45) is 0 Å². The molecule has 21 heavy (non-hydrogen) atoms. The highest BCUT2D eigenvalue weighted by Crippen LogP contribution is 2.18. The van der Waals surface area contributed by atoms with Crippen LogP contribution in [0.3, 0.4) is 0 Å². The Morgan fingerprint density at radius 2 is 2.33 bits per heavy atom. The lowest BCUT2D eigenvalue weighted by molar-refractivity contribution is -0.147. The molecule has 1 N–H and O–H groups in total. The SMILES string of the molecule is CSc1cccc(CN(C(=O)[C@@H]2CNCCO2)C(C)C)c1. The van der Waals surface area contributed by atoms with Gasteiger partial charge in [0.25, 0.3) is 5.91 Å². The first-order chi connectivity index (χ1) is 10.1. The first-order valence-electron chi connectivity index (χ1n) is 7.37. The van der Waals surface area contributed by atoms with Crippen LogP contribution in [-0.2, 0) is 16.1 Å². The van der Waals surface area contributed by atoms with E-state index in [4.69, 9.17) is 4.74 Å². The molecule has 0 aromatic heterocycles. The van der Waals surface area contributed by atoms with E-state index >= 15 is 0 Å². The van der Waals surface area contributed by atoms with Crippen molar-refractivity contribution in [3.63, 3.8) is 0 Å². The fraction of sp³-hybridized carbons (Fsp3) is 0.562. The summed E-state index contributed by atoms with van der Waals surface area (Å²) in [5.74, 6) is 0.0757. The van der Waals surface area contributed by atoms with Gasteiger partial charge in [0.05, 0.1) is 6.61 Å². The molecule has 0 radical (unpaired) electrons. The second-order valence-electron chi connectivity index (χ2n) is 5.47. The van der Waals surface area contributed by atoms with E-state index in [-0.39, 0.29) is 18.1 Å². The summed E-state index contributed by atoms with van der Waals surface area (Å²) in [5, 5.41) is 3.22. The van der Waals surface area contributed by atoms with Gasteiger partial charge in [-0.05, 0) is 37.8 Å². The molecule has 1 aromatic carbocycles. The van der Waals surface area contributed by atoms with Gasteiger partial charge in [0.1, 0.15) is 6.10 Å². The summed E-state index contributed by atoms with van der Waals surface area (Å²) in [6, 6.07) is 8.50. The van der Waals surface area contributed by atoms with Crippen molar-refractivity contribution in [3.05, 3.63) is 29.8 Å². The van der Waals surface area contributed by atoms with Crippen molar-refractivity contribution in [1.29, 1.82) is 0 Å². The summed E-state index contributed by atoms with van der Waals surface area (Å²) in [6.45, 7) is 6.75. The van der Waals surface area contributed by atoms with E-state index in [1.165, 1.54) is 4.90 Å². The molecule has 1 amide bonds. The average molecular weight is 308 g/mol. The zero-order valence-electron chi connectivity index (χ0n) is 13.0. The van der Waals surface area contributed by atoms with Crippen LogP contribution in [0.1, 0.15) is 19.4 Å². The molecule has 1 aliphatic rings. The molecule has 1 aromatic rings. The first kappa shape index (κ1) is 16.3. The molecule has 1 heterocycles. The highest BCUT2D eigenvalue weighted by molar-refractivity contribution is 7.98. The third-order valence-electron chi connectivity index (χ3n) is 3.60. The van der Waals surface area contributed by atoms with Crippen molar-refractivity contribution < 1.29 is 9.53 Å². The number of rotatable bonds is 5. The van der Waals surface area contributed by atoms with Gasteiger partial charge >= 0.3 is 0 Å². The lowest BCUT2D eigenvalue weighted by atomic mass is 10.1. The van der Waals surface area contributed by atoms with Crippen LogP contribution in [0.5, 0.6) is 0 Å². The van der Waals surface area contributed by atoms with E-state index in [1.54, 1.807) is 11.8 Å². The zero-order chi connectivity index (χ0) is 15.2. The number of benzene rings is 1. The Morgan fingerprint density at radius 3 is 2.95 bits per heavy atom. The minimum absolute atomic E-state index is 0.0757. The van der Waals surface area contributed by atoms with E-state index in [0.717, 1.165) is 12.1 Å². The topological polar surface area (TPSA) is 41.6 Å². The molecule has 0 bridgehead atoms. The van der Waals surface area contributed by atoms with Gasteiger partial charge in [-0.2, -0.15) is 0 Å². The summed E-state index contributed by atoms with van der Waals surface area (Å²) in [4.78, 5) is 15.8. The monoisotopic (exact) mass is 308 g/mol. The Hall–Kier alpha value is -1.04. The average Bonchev–Trinajstić information content (AvgIpc) is 2.52. The maximum Gasteiger partial charge on any atom is 0.253 e. The number of amides is 1. The lowest BCUT2D eigenvalue weighted by Gasteiger charge is -2.32. The second kappa shape index (κ2) is 7.82. The van der Waals surface area contributed by atoms with Crippen LogP contribution < -0.4 is 5.32 Å². The highest BCUT2D eigenvalue weighted by Gasteiger charge is 2.28. The van der Waals surface area contributed by atoms with Crippen molar-refractivity contribution >= 4 is 17.7 Å². The Bertz CT molecular complexity index is 473. The largest absolute Gasteiger partial charge is 0.366 e. The molecule has 0 spiro atoms. The van der Waals surface area contributed by atoms with Crippen LogP contribution in [0.4, 0.5) is 0 Å². The first-order valence-corrected chi connectivity index (χ1v) is 8.60. The molecule has 1 aliphatic heterocycles. The molecular formula is C16H24N2O2S. The second-order valence-corrected chi connectivity index (χ2v) is 6.35. The van der Waals surface area contributed by atoms with Crippen LogP contribution in [0.15, 0.2) is 29.2 Å². The van der Waals surface area contributed by atoms with Gasteiger partial charge in [-0.1, -0.05) is 12.1 Å². The normalized spacial score (nSPS) is 18.8.